The molecule has 9 heteroatoms. The van der Waals surface area contributed by atoms with Crippen molar-refractivity contribution in [2.75, 3.05) is 6.61 Å². The first-order valence-electron chi connectivity index (χ1n) is 5.95. The van der Waals surface area contributed by atoms with Crippen LogP contribution in [0.3, 0.4) is 0 Å². The Balaban J connectivity index is 3.13. The van der Waals surface area contributed by atoms with Crippen molar-refractivity contribution < 1.29 is 37.7 Å². The van der Waals surface area contributed by atoms with Crippen LogP contribution in [0, 0.1) is 11.3 Å². The molecular formula is C12H14FNO7. The fraction of sp³-hybridized carbons (Fsp3) is 0.667. The second-order valence-corrected chi connectivity index (χ2v) is 4.32. The van der Waals surface area contributed by atoms with E-state index in [1.54, 1.807) is 0 Å². The maximum absolute atomic E-state index is 14.3. The van der Waals surface area contributed by atoms with Crippen molar-refractivity contribution >= 4 is 17.9 Å². The molecule has 0 bridgehead atoms. The minimum atomic E-state index is -3.01. The SMILES string of the molecule is CC(=O)O[C@@H]1[C@@H](OC(C)=O)[C@@](F)(C#N)OC[C@H]1OC(C)=O. The monoisotopic (exact) mass is 303 g/mol. The van der Waals surface area contributed by atoms with Gasteiger partial charge < -0.3 is 18.9 Å². The Morgan fingerprint density at radius 3 is 2.10 bits per heavy atom. The van der Waals surface area contributed by atoms with Crippen molar-refractivity contribution in [1.82, 2.24) is 0 Å². The van der Waals surface area contributed by atoms with Crippen LogP contribution < -0.4 is 0 Å². The molecule has 8 nitrogen and oxygen atoms in total. The second-order valence-electron chi connectivity index (χ2n) is 4.32. The van der Waals surface area contributed by atoms with Gasteiger partial charge in [0.15, 0.2) is 12.2 Å². The first-order valence-corrected chi connectivity index (χ1v) is 5.95. The molecule has 1 fully saturated rings. The topological polar surface area (TPSA) is 112 Å². The van der Waals surface area contributed by atoms with Gasteiger partial charge in [-0.2, -0.15) is 9.65 Å². The van der Waals surface area contributed by atoms with Gasteiger partial charge in [-0.3, -0.25) is 14.4 Å². The third-order valence-electron chi connectivity index (χ3n) is 2.55. The molecule has 0 radical (unpaired) electrons. The fourth-order valence-corrected chi connectivity index (χ4v) is 1.85. The van der Waals surface area contributed by atoms with Gasteiger partial charge in [0.1, 0.15) is 6.07 Å². The number of nitriles is 1. The molecule has 0 spiro atoms. The molecule has 116 valence electrons. The Bertz CT molecular complexity index is 488. The number of halogens is 1. The van der Waals surface area contributed by atoms with Crippen LogP contribution in [-0.2, 0) is 33.3 Å². The summed E-state index contributed by atoms with van der Waals surface area (Å²) in [5.74, 6) is -5.48. The molecule has 0 aliphatic carbocycles. The number of hydrogen-bond donors (Lipinski definition) is 0. The molecule has 0 amide bonds. The first kappa shape index (κ1) is 16.8. The summed E-state index contributed by atoms with van der Waals surface area (Å²) in [6.45, 7) is 2.59. The van der Waals surface area contributed by atoms with E-state index in [9.17, 15) is 18.8 Å². The van der Waals surface area contributed by atoms with Gasteiger partial charge in [-0.15, -0.1) is 0 Å². The summed E-state index contributed by atoms with van der Waals surface area (Å²) in [6, 6.07) is 1.21. The quantitative estimate of drug-likeness (QED) is 0.529. The molecule has 0 saturated carbocycles. The number of hydrogen-bond acceptors (Lipinski definition) is 8. The van der Waals surface area contributed by atoms with Crippen LogP contribution in [0.4, 0.5) is 4.39 Å². The van der Waals surface area contributed by atoms with Crippen LogP contribution in [0.25, 0.3) is 0 Å². The Morgan fingerprint density at radius 1 is 1.14 bits per heavy atom. The smallest absolute Gasteiger partial charge is 0.338 e. The van der Waals surface area contributed by atoms with E-state index in [0.29, 0.717) is 0 Å². The summed E-state index contributed by atoms with van der Waals surface area (Å²) in [5.41, 5.74) is 0. The summed E-state index contributed by atoms with van der Waals surface area (Å²) in [5, 5.41) is 8.86. The number of alkyl halides is 1. The van der Waals surface area contributed by atoms with E-state index in [-0.39, 0.29) is 0 Å². The summed E-state index contributed by atoms with van der Waals surface area (Å²) in [4.78, 5) is 33.2. The normalized spacial score (nSPS) is 31.7. The predicted octanol–water partition coefficient (Wildman–Crippen LogP) is 0.00108. The Morgan fingerprint density at radius 2 is 1.67 bits per heavy atom. The zero-order valence-corrected chi connectivity index (χ0v) is 11.6. The van der Waals surface area contributed by atoms with Crippen molar-refractivity contribution in [3.63, 3.8) is 0 Å². The highest BCUT2D eigenvalue weighted by Crippen LogP contribution is 2.32. The maximum atomic E-state index is 14.3. The average Bonchev–Trinajstić information content (AvgIpc) is 2.36. The number of rotatable bonds is 3. The lowest BCUT2D eigenvalue weighted by molar-refractivity contribution is -0.274. The number of nitrogens with zero attached hydrogens (tertiary/aromatic N) is 1. The van der Waals surface area contributed by atoms with Gasteiger partial charge in [-0.05, 0) is 0 Å². The summed E-state index contributed by atoms with van der Waals surface area (Å²) in [7, 11) is 0. The summed E-state index contributed by atoms with van der Waals surface area (Å²) >= 11 is 0. The Hall–Kier alpha value is -2.21. The Kier molecular flexibility index (Phi) is 5.21. The highest BCUT2D eigenvalue weighted by molar-refractivity contribution is 5.68. The second kappa shape index (κ2) is 6.49. The zero-order chi connectivity index (χ0) is 16.2. The zero-order valence-electron chi connectivity index (χ0n) is 11.6. The van der Waals surface area contributed by atoms with Crippen molar-refractivity contribution in [2.45, 2.75) is 44.9 Å². The molecule has 1 aliphatic rings. The van der Waals surface area contributed by atoms with Crippen molar-refractivity contribution in [3.8, 4) is 6.07 Å². The number of carbonyl (C=O) groups excluding carboxylic acids is 3. The van der Waals surface area contributed by atoms with Gasteiger partial charge in [0, 0.05) is 20.8 Å². The lowest BCUT2D eigenvalue weighted by Gasteiger charge is -2.40. The van der Waals surface area contributed by atoms with Crippen molar-refractivity contribution in [2.24, 2.45) is 0 Å². The standard InChI is InChI=1S/C12H14FNO7/c1-6(15)19-9-4-18-12(13,5-14)11(21-8(3)17)10(9)20-7(2)16/h9-11H,4H2,1-3H3/t9-,10+,11-,12-/m1/s1. The van der Waals surface area contributed by atoms with Gasteiger partial charge in [0.25, 0.3) is 0 Å². The highest BCUT2D eigenvalue weighted by Gasteiger charge is 2.57. The molecule has 0 aromatic carbocycles. The predicted molar refractivity (Wildman–Crippen MR) is 62.1 cm³/mol. The third-order valence-corrected chi connectivity index (χ3v) is 2.55. The molecule has 4 atom stereocenters. The average molecular weight is 303 g/mol. The Labute approximate surface area is 119 Å². The van der Waals surface area contributed by atoms with E-state index < -0.39 is 48.7 Å². The highest BCUT2D eigenvalue weighted by atomic mass is 19.2. The summed E-state index contributed by atoms with van der Waals surface area (Å²) in [6.07, 6.45) is -4.57. The van der Waals surface area contributed by atoms with Gasteiger partial charge in [-0.1, -0.05) is 0 Å². The van der Waals surface area contributed by atoms with Crippen LogP contribution in [0.15, 0.2) is 0 Å². The van der Waals surface area contributed by atoms with Crippen molar-refractivity contribution in [3.05, 3.63) is 0 Å². The van der Waals surface area contributed by atoms with E-state index in [0.717, 1.165) is 20.8 Å². The molecule has 0 unspecified atom stereocenters. The molecule has 0 aromatic heterocycles. The molecule has 0 aromatic rings. The minimum Gasteiger partial charge on any atom is -0.456 e. The molecule has 1 saturated heterocycles. The van der Waals surface area contributed by atoms with Gasteiger partial charge in [0.05, 0.1) is 6.61 Å². The summed E-state index contributed by atoms with van der Waals surface area (Å²) < 4.78 is 33.4. The fourth-order valence-electron chi connectivity index (χ4n) is 1.85. The number of ether oxygens (including phenoxy) is 4. The van der Waals surface area contributed by atoms with Gasteiger partial charge in [-0.25, -0.2) is 0 Å². The molecule has 1 aliphatic heterocycles. The van der Waals surface area contributed by atoms with Crippen LogP contribution in [0.2, 0.25) is 0 Å². The third kappa shape index (κ3) is 4.13. The van der Waals surface area contributed by atoms with Crippen molar-refractivity contribution in [1.29, 1.82) is 5.26 Å². The van der Waals surface area contributed by atoms with E-state index in [1.165, 1.54) is 6.07 Å². The lowest BCUT2D eigenvalue weighted by Crippen LogP contribution is -2.61. The largest absolute Gasteiger partial charge is 0.456 e. The van der Waals surface area contributed by atoms with Crippen LogP contribution in [0.5, 0.6) is 0 Å². The first-order chi connectivity index (χ1) is 9.69. The van der Waals surface area contributed by atoms with Gasteiger partial charge >= 0.3 is 23.8 Å². The van der Waals surface area contributed by atoms with E-state index in [4.69, 9.17) is 19.5 Å². The maximum Gasteiger partial charge on any atom is 0.338 e. The molecule has 1 rings (SSSR count). The lowest BCUT2D eigenvalue weighted by atomic mass is 9.98. The van der Waals surface area contributed by atoms with Crippen LogP contribution in [-0.4, -0.2) is 48.7 Å². The van der Waals surface area contributed by atoms with E-state index in [1.807, 2.05) is 0 Å². The minimum absolute atomic E-state index is 0.528. The van der Waals surface area contributed by atoms with E-state index >= 15 is 0 Å². The molecule has 1 heterocycles. The van der Waals surface area contributed by atoms with E-state index in [2.05, 4.69) is 4.74 Å². The molecule has 0 N–H and O–H groups in total. The van der Waals surface area contributed by atoms with Gasteiger partial charge in [0.2, 0.25) is 6.10 Å². The molecule has 21 heavy (non-hydrogen) atoms. The van der Waals surface area contributed by atoms with Crippen LogP contribution in [0.1, 0.15) is 20.8 Å². The number of carbonyl (C=O) groups is 3. The number of esters is 3. The molecular weight excluding hydrogens is 289 g/mol. The van der Waals surface area contributed by atoms with Crippen LogP contribution >= 0.6 is 0 Å².